The molecule has 2 N–H and O–H groups in total. The molecule has 0 spiro atoms. The van der Waals surface area contributed by atoms with Gasteiger partial charge in [-0.2, -0.15) is 0 Å². The van der Waals surface area contributed by atoms with E-state index in [1.54, 1.807) is 0 Å². The molecule has 2 rings (SSSR count). The van der Waals surface area contributed by atoms with Gasteiger partial charge in [0.15, 0.2) is 5.90 Å². The summed E-state index contributed by atoms with van der Waals surface area (Å²) >= 11 is 3.40. The summed E-state index contributed by atoms with van der Waals surface area (Å²) in [7, 11) is 0. The Kier molecular flexibility index (Phi) is 5.96. The van der Waals surface area contributed by atoms with E-state index in [0.29, 0.717) is 12.8 Å². The summed E-state index contributed by atoms with van der Waals surface area (Å²) in [6, 6.07) is 17.5. The Morgan fingerprint density at radius 1 is 1.10 bits per heavy atom. The lowest BCUT2D eigenvalue weighted by atomic mass is 10.1. The SMILES string of the molecule is N=C(Cc1ccccc1)OC(CCO)c1ccc(Br)cc1. The molecule has 0 aliphatic carbocycles. The van der Waals surface area contributed by atoms with Crippen molar-refractivity contribution in [1.82, 2.24) is 0 Å². The van der Waals surface area contributed by atoms with E-state index in [4.69, 9.17) is 10.1 Å². The van der Waals surface area contributed by atoms with E-state index in [0.717, 1.165) is 15.6 Å². The molecule has 110 valence electrons. The van der Waals surface area contributed by atoms with Gasteiger partial charge >= 0.3 is 0 Å². The van der Waals surface area contributed by atoms with Gasteiger partial charge in [-0.25, -0.2) is 0 Å². The lowest BCUT2D eigenvalue weighted by Crippen LogP contribution is -2.14. The van der Waals surface area contributed by atoms with Crippen LogP contribution in [0.25, 0.3) is 0 Å². The molecule has 1 unspecified atom stereocenters. The van der Waals surface area contributed by atoms with Crippen molar-refractivity contribution in [2.24, 2.45) is 0 Å². The number of aliphatic hydroxyl groups is 1. The third-order valence-electron chi connectivity index (χ3n) is 3.13. The number of benzene rings is 2. The van der Waals surface area contributed by atoms with Crippen molar-refractivity contribution in [2.45, 2.75) is 18.9 Å². The van der Waals surface area contributed by atoms with E-state index in [2.05, 4.69) is 15.9 Å². The largest absolute Gasteiger partial charge is 0.473 e. The van der Waals surface area contributed by atoms with Crippen LogP contribution in [0.2, 0.25) is 0 Å². The second-order valence-electron chi connectivity index (χ2n) is 4.76. The van der Waals surface area contributed by atoms with Crippen molar-refractivity contribution >= 4 is 21.8 Å². The molecular formula is C17H18BrNO2. The highest BCUT2D eigenvalue weighted by molar-refractivity contribution is 9.10. The van der Waals surface area contributed by atoms with Gasteiger partial charge in [0, 0.05) is 23.9 Å². The molecule has 4 heteroatoms. The summed E-state index contributed by atoms with van der Waals surface area (Å²) in [6.45, 7) is 0.0271. The van der Waals surface area contributed by atoms with Crippen LogP contribution in [0.15, 0.2) is 59.1 Å². The highest BCUT2D eigenvalue weighted by Gasteiger charge is 2.14. The molecule has 2 aromatic carbocycles. The molecule has 21 heavy (non-hydrogen) atoms. The topological polar surface area (TPSA) is 53.3 Å². The number of nitrogens with one attached hydrogen (secondary N) is 1. The molecule has 2 aromatic rings. The number of rotatable bonds is 6. The van der Waals surface area contributed by atoms with Gasteiger partial charge < -0.3 is 9.84 Å². The molecule has 1 atom stereocenters. The van der Waals surface area contributed by atoms with Gasteiger partial charge in [-0.15, -0.1) is 0 Å². The van der Waals surface area contributed by atoms with Crippen LogP contribution in [-0.4, -0.2) is 17.6 Å². The lowest BCUT2D eigenvalue weighted by molar-refractivity contribution is 0.141. The van der Waals surface area contributed by atoms with Gasteiger partial charge in [-0.1, -0.05) is 58.4 Å². The Bertz CT molecular complexity index is 569. The monoisotopic (exact) mass is 347 g/mol. The Labute approximate surface area is 133 Å². The van der Waals surface area contributed by atoms with Crippen molar-refractivity contribution < 1.29 is 9.84 Å². The van der Waals surface area contributed by atoms with Crippen molar-refractivity contribution in [3.63, 3.8) is 0 Å². The van der Waals surface area contributed by atoms with E-state index in [1.807, 2.05) is 54.6 Å². The van der Waals surface area contributed by atoms with Crippen LogP contribution < -0.4 is 0 Å². The fraction of sp³-hybridized carbons (Fsp3) is 0.235. The second-order valence-corrected chi connectivity index (χ2v) is 5.67. The first kappa shape index (κ1) is 15.7. The third kappa shape index (κ3) is 4.99. The summed E-state index contributed by atoms with van der Waals surface area (Å²) in [5.41, 5.74) is 2.01. The van der Waals surface area contributed by atoms with Crippen LogP contribution in [0, 0.1) is 5.41 Å². The summed E-state index contributed by atoms with van der Waals surface area (Å²) in [5, 5.41) is 17.2. The fourth-order valence-electron chi connectivity index (χ4n) is 2.08. The Morgan fingerprint density at radius 3 is 2.38 bits per heavy atom. The fourth-order valence-corrected chi connectivity index (χ4v) is 2.35. The number of hydrogen-bond acceptors (Lipinski definition) is 3. The smallest absolute Gasteiger partial charge is 0.185 e. The van der Waals surface area contributed by atoms with Gasteiger partial charge in [0.1, 0.15) is 6.10 Å². The maximum Gasteiger partial charge on any atom is 0.185 e. The van der Waals surface area contributed by atoms with Gasteiger partial charge in [-0.05, 0) is 23.3 Å². The van der Waals surface area contributed by atoms with Gasteiger partial charge in [-0.3, -0.25) is 5.41 Å². The zero-order valence-electron chi connectivity index (χ0n) is 11.6. The number of aliphatic hydroxyl groups excluding tert-OH is 1. The molecule has 0 radical (unpaired) electrons. The molecule has 0 aliphatic heterocycles. The zero-order valence-corrected chi connectivity index (χ0v) is 13.2. The van der Waals surface area contributed by atoms with Crippen LogP contribution in [0.5, 0.6) is 0 Å². The lowest BCUT2D eigenvalue weighted by Gasteiger charge is -2.19. The Balaban J connectivity index is 2.02. The van der Waals surface area contributed by atoms with E-state index in [9.17, 15) is 5.11 Å². The van der Waals surface area contributed by atoms with Crippen molar-refractivity contribution in [3.05, 3.63) is 70.2 Å². The Morgan fingerprint density at radius 2 is 1.76 bits per heavy atom. The summed E-state index contributed by atoms with van der Waals surface area (Å²) in [5.74, 6) is 0.211. The third-order valence-corrected chi connectivity index (χ3v) is 3.65. The Hall–Kier alpha value is -1.65. The number of halogens is 1. The molecule has 0 amide bonds. The zero-order chi connectivity index (χ0) is 15.1. The average Bonchev–Trinajstić information content (AvgIpc) is 2.48. The van der Waals surface area contributed by atoms with Gasteiger partial charge in [0.2, 0.25) is 0 Å². The predicted molar refractivity (Wildman–Crippen MR) is 87.5 cm³/mol. The van der Waals surface area contributed by atoms with Gasteiger partial charge in [0.25, 0.3) is 0 Å². The van der Waals surface area contributed by atoms with E-state index in [1.165, 1.54) is 0 Å². The molecule has 0 heterocycles. The van der Waals surface area contributed by atoms with E-state index < -0.39 is 0 Å². The highest BCUT2D eigenvalue weighted by atomic mass is 79.9. The van der Waals surface area contributed by atoms with Crippen molar-refractivity contribution in [1.29, 1.82) is 5.41 Å². The van der Waals surface area contributed by atoms with Crippen LogP contribution >= 0.6 is 15.9 Å². The molecule has 0 saturated heterocycles. The summed E-state index contributed by atoms with van der Waals surface area (Å²) < 4.78 is 6.72. The summed E-state index contributed by atoms with van der Waals surface area (Å²) in [4.78, 5) is 0. The molecule has 0 saturated carbocycles. The molecular weight excluding hydrogens is 330 g/mol. The van der Waals surface area contributed by atoms with Crippen molar-refractivity contribution in [2.75, 3.05) is 6.61 Å². The van der Waals surface area contributed by atoms with Crippen LogP contribution in [-0.2, 0) is 11.2 Å². The minimum Gasteiger partial charge on any atom is -0.473 e. The minimum atomic E-state index is -0.292. The van der Waals surface area contributed by atoms with Gasteiger partial charge in [0.05, 0.1) is 0 Å². The van der Waals surface area contributed by atoms with E-state index >= 15 is 0 Å². The minimum absolute atomic E-state index is 0.0271. The maximum atomic E-state index is 9.20. The molecule has 0 bridgehead atoms. The standard InChI is InChI=1S/C17H18BrNO2/c18-15-8-6-14(7-9-15)16(10-11-20)21-17(19)12-13-4-2-1-3-5-13/h1-9,16,19-20H,10-12H2. The quantitative estimate of drug-likeness (QED) is 0.610. The summed E-state index contributed by atoms with van der Waals surface area (Å²) in [6.07, 6.45) is 0.636. The molecule has 0 aromatic heterocycles. The maximum absolute atomic E-state index is 9.20. The molecule has 0 fully saturated rings. The van der Waals surface area contributed by atoms with Crippen LogP contribution in [0.4, 0.5) is 0 Å². The molecule has 0 aliphatic rings. The molecule has 3 nitrogen and oxygen atoms in total. The number of hydrogen-bond donors (Lipinski definition) is 2. The first-order chi connectivity index (χ1) is 10.2. The predicted octanol–water partition coefficient (Wildman–Crippen LogP) is 4.11. The first-order valence-electron chi connectivity index (χ1n) is 6.83. The van der Waals surface area contributed by atoms with E-state index in [-0.39, 0.29) is 18.6 Å². The van der Waals surface area contributed by atoms with Crippen LogP contribution in [0.1, 0.15) is 23.7 Å². The second kappa shape index (κ2) is 7.96. The highest BCUT2D eigenvalue weighted by Crippen LogP contribution is 2.23. The average molecular weight is 348 g/mol. The normalized spacial score (nSPS) is 11.9. The first-order valence-corrected chi connectivity index (χ1v) is 7.62. The number of ether oxygens (including phenoxy) is 1. The van der Waals surface area contributed by atoms with Crippen LogP contribution in [0.3, 0.4) is 0 Å². The van der Waals surface area contributed by atoms with Crippen molar-refractivity contribution in [3.8, 4) is 0 Å².